The minimum Gasteiger partial charge on any atom is -0.497 e. The largest absolute Gasteiger partial charge is 0.497 e. The number of nitrogens with one attached hydrogen (secondary N) is 1. The Morgan fingerprint density at radius 1 is 1.42 bits per heavy atom. The first kappa shape index (κ1) is 14.3. The fraction of sp³-hybridized carbons (Fsp3) is 0.625. The Labute approximate surface area is 115 Å². The van der Waals surface area contributed by atoms with Crippen molar-refractivity contribution in [2.45, 2.75) is 39.2 Å². The molecule has 0 spiro atoms. The molecule has 19 heavy (non-hydrogen) atoms. The lowest BCUT2D eigenvalue weighted by Crippen LogP contribution is -2.27. The van der Waals surface area contributed by atoms with E-state index in [1.54, 1.807) is 7.11 Å². The lowest BCUT2D eigenvalue weighted by Gasteiger charge is -2.21. The van der Waals surface area contributed by atoms with Crippen molar-refractivity contribution in [3.05, 3.63) is 29.6 Å². The van der Waals surface area contributed by atoms with Gasteiger partial charge in [-0.15, -0.1) is 0 Å². The van der Waals surface area contributed by atoms with Crippen molar-refractivity contribution in [2.75, 3.05) is 13.7 Å². The standard InChI is InChI=1S/C16H24FNO/c1-11-5-4-6-13(11)10-18-12(2)15-8-7-14(19-3)9-16(15)17/h7-9,11-13,18H,4-6,10H2,1-3H3. The van der Waals surface area contributed by atoms with Crippen LogP contribution in [0.3, 0.4) is 0 Å². The predicted octanol–water partition coefficient (Wildman–Crippen LogP) is 3.92. The third kappa shape index (κ3) is 3.47. The van der Waals surface area contributed by atoms with Gasteiger partial charge in [-0.1, -0.05) is 25.8 Å². The Balaban J connectivity index is 1.94. The van der Waals surface area contributed by atoms with Crippen LogP contribution < -0.4 is 10.1 Å². The number of halogens is 1. The van der Waals surface area contributed by atoms with Gasteiger partial charge in [0.25, 0.3) is 0 Å². The van der Waals surface area contributed by atoms with Crippen LogP contribution in [0.15, 0.2) is 18.2 Å². The smallest absolute Gasteiger partial charge is 0.131 e. The number of hydrogen-bond donors (Lipinski definition) is 1. The molecule has 3 unspecified atom stereocenters. The number of rotatable bonds is 5. The van der Waals surface area contributed by atoms with E-state index in [0.717, 1.165) is 18.4 Å². The number of hydrogen-bond acceptors (Lipinski definition) is 2. The summed E-state index contributed by atoms with van der Waals surface area (Å²) in [6.07, 6.45) is 3.96. The maximum absolute atomic E-state index is 13.9. The van der Waals surface area contributed by atoms with Gasteiger partial charge in [-0.25, -0.2) is 4.39 Å². The molecule has 3 heteroatoms. The van der Waals surface area contributed by atoms with Gasteiger partial charge in [0.05, 0.1) is 7.11 Å². The fourth-order valence-electron chi connectivity index (χ4n) is 2.95. The van der Waals surface area contributed by atoms with E-state index >= 15 is 0 Å². The van der Waals surface area contributed by atoms with Gasteiger partial charge in [-0.05, 0) is 37.8 Å². The summed E-state index contributed by atoms with van der Waals surface area (Å²) in [6.45, 7) is 5.32. The molecule has 1 fully saturated rings. The van der Waals surface area contributed by atoms with Crippen LogP contribution in [0.4, 0.5) is 4.39 Å². The molecule has 0 aliphatic heterocycles. The zero-order valence-corrected chi connectivity index (χ0v) is 12.1. The molecule has 106 valence electrons. The maximum atomic E-state index is 13.9. The van der Waals surface area contributed by atoms with Gasteiger partial charge in [-0.2, -0.15) is 0 Å². The first-order valence-corrected chi connectivity index (χ1v) is 7.18. The molecule has 1 aliphatic carbocycles. The van der Waals surface area contributed by atoms with Crippen LogP contribution in [-0.2, 0) is 0 Å². The minimum absolute atomic E-state index is 0.0405. The van der Waals surface area contributed by atoms with Crippen molar-refractivity contribution >= 4 is 0 Å². The molecule has 1 aromatic carbocycles. The van der Waals surface area contributed by atoms with Crippen molar-refractivity contribution in [2.24, 2.45) is 11.8 Å². The molecule has 3 atom stereocenters. The molecular formula is C16H24FNO. The Morgan fingerprint density at radius 3 is 2.79 bits per heavy atom. The highest BCUT2D eigenvalue weighted by molar-refractivity contribution is 5.30. The van der Waals surface area contributed by atoms with Crippen molar-refractivity contribution in [1.29, 1.82) is 0 Å². The Hall–Kier alpha value is -1.09. The average Bonchev–Trinajstić information content (AvgIpc) is 2.81. The molecule has 1 aromatic rings. The molecule has 0 aromatic heterocycles. The SMILES string of the molecule is COc1ccc(C(C)NCC2CCCC2C)c(F)c1. The Bertz CT molecular complexity index is 421. The Kier molecular flexibility index (Phi) is 4.81. The molecule has 0 saturated heterocycles. The maximum Gasteiger partial charge on any atom is 0.131 e. The topological polar surface area (TPSA) is 21.3 Å². The van der Waals surface area contributed by atoms with Crippen molar-refractivity contribution < 1.29 is 9.13 Å². The summed E-state index contributed by atoms with van der Waals surface area (Å²) in [5, 5.41) is 3.47. The number of benzene rings is 1. The van der Waals surface area contributed by atoms with Crippen LogP contribution in [0.2, 0.25) is 0 Å². The van der Waals surface area contributed by atoms with Crippen molar-refractivity contribution in [3.8, 4) is 5.75 Å². The highest BCUT2D eigenvalue weighted by Crippen LogP contribution is 2.31. The molecule has 0 radical (unpaired) electrons. The van der Waals surface area contributed by atoms with E-state index in [4.69, 9.17) is 4.74 Å². The quantitative estimate of drug-likeness (QED) is 0.871. The highest BCUT2D eigenvalue weighted by atomic mass is 19.1. The lowest BCUT2D eigenvalue weighted by molar-refractivity contribution is 0.371. The van der Waals surface area contributed by atoms with Crippen molar-refractivity contribution in [3.63, 3.8) is 0 Å². The zero-order chi connectivity index (χ0) is 13.8. The summed E-state index contributed by atoms with van der Waals surface area (Å²) >= 11 is 0. The summed E-state index contributed by atoms with van der Waals surface area (Å²) in [5.41, 5.74) is 0.714. The molecule has 1 aliphatic rings. The van der Waals surface area contributed by atoms with Crippen LogP contribution in [0.25, 0.3) is 0 Å². The van der Waals surface area contributed by atoms with Gasteiger partial charge in [0.15, 0.2) is 0 Å². The molecule has 2 rings (SSSR count). The highest BCUT2D eigenvalue weighted by Gasteiger charge is 2.23. The van der Waals surface area contributed by atoms with Gasteiger partial charge in [-0.3, -0.25) is 0 Å². The van der Waals surface area contributed by atoms with Crippen LogP contribution in [0.1, 0.15) is 44.7 Å². The second-order valence-corrected chi connectivity index (χ2v) is 5.69. The van der Waals surface area contributed by atoms with E-state index < -0.39 is 0 Å². The third-order valence-corrected chi connectivity index (χ3v) is 4.40. The van der Waals surface area contributed by atoms with Gasteiger partial charge in [0.1, 0.15) is 11.6 Å². The van der Waals surface area contributed by atoms with Crippen LogP contribution in [0.5, 0.6) is 5.75 Å². The van der Waals surface area contributed by atoms with E-state index in [-0.39, 0.29) is 11.9 Å². The summed E-state index contributed by atoms with van der Waals surface area (Å²) in [4.78, 5) is 0. The van der Waals surface area contributed by atoms with Gasteiger partial charge in [0, 0.05) is 17.7 Å². The number of ether oxygens (including phenoxy) is 1. The second-order valence-electron chi connectivity index (χ2n) is 5.69. The van der Waals surface area contributed by atoms with Gasteiger partial charge in [0.2, 0.25) is 0 Å². The number of methoxy groups -OCH3 is 1. The molecule has 0 amide bonds. The monoisotopic (exact) mass is 265 g/mol. The summed E-state index contributed by atoms with van der Waals surface area (Å²) < 4.78 is 19.0. The van der Waals surface area contributed by atoms with E-state index in [0.29, 0.717) is 11.3 Å². The first-order valence-electron chi connectivity index (χ1n) is 7.18. The normalized spacial score (nSPS) is 24.4. The third-order valence-electron chi connectivity index (χ3n) is 4.40. The van der Waals surface area contributed by atoms with E-state index in [9.17, 15) is 4.39 Å². The molecule has 0 heterocycles. The van der Waals surface area contributed by atoms with Crippen LogP contribution in [0, 0.1) is 17.7 Å². The molecule has 2 nitrogen and oxygen atoms in total. The van der Waals surface area contributed by atoms with E-state index in [1.165, 1.54) is 25.3 Å². The van der Waals surface area contributed by atoms with Crippen LogP contribution >= 0.6 is 0 Å². The Morgan fingerprint density at radius 2 is 2.21 bits per heavy atom. The predicted molar refractivity (Wildman–Crippen MR) is 75.9 cm³/mol. The zero-order valence-electron chi connectivity index (χ0n) is 12.1. The molecule has 1 saturated carbocycles. The van der Waals surface area contributed by atoms with Crippen LogP contribution in [-0.4, -0.2) is 13.7 Å². The molecular weight excluding hydrogens is 241 g/mol. The summed E-state index contributed by atoms with van der Waals surface area (Å²) in [5.74, 6) is 1.90. The van der Waals surface area contributed by atoms with E-state index in [2.05, 4.69) is 12.2 Å². The average molecular weight is 265 g/mol. The summed E-state index contributed by atoms with van der Waals surface area (Å²) in [7, 11) is 1.55. The fourth-order valence-corrected chi connectivity index (χ4v) is 2.95. The summed E-state index contributed by atoms with van der Waals surface area (Å²) in [6, 6.07) is 5.11. The molecule has 1 N–H and O–H groups in total. The second kappa shape index (κ2) is 6.38. The lowest BCUT2D eigenvalue weighted by atomic mass is 9.97. The van der Waals surface area contributed by atoms with Crippen molar-refractivity contribution in [1.82, 2.24) is 5.32 Å². The molecule has 0 bridgehead atoms. The first-order chi connectivity index (χ1) is 9.11. The van der Waals surface area contributed by atoms with Gasteiger partial charge < -0.3 is 10.1 Å². The van der Waals surface area contributed by atoms with E-state index in [1.807, 2.05) is 19.1 Å². The van der Waals surface area contributed by atoms with Gasteiger partial charge >= 0.3 is 0 Å². The minimum atomic E-state index is -0.196.